The topological polar surface area (TPSA) is 30.3 Å². The molecule has 0 radical (unpaired) electrons. The fourth-order valence-corrected chi connectivity index (χ4v) is 4.30. The van der Waals surface area contributed by atoms with Gasteiger partial charge in [0.05, 0.1) is 24.5 Å². The number of imidazole rings is 1. The minimum atomic E-state index is -0.231. The van der Waals surface area contributed by atoms with E-state index in [0.29, 0.717) is 6.61 Å². The van der Waals surface area contributed by atoms with Gasteiger partial charge in [-0.05, 0) is 41.0 Å². The number of nitrogens with zero attached hydrogens (tertiary/aromatic N) is 3. The van der Waals surface area contributed by atoms with E-state index in [1.807, 2.05) is 18.3 Å². The molecule has 1 aromatic heterocycles. The smallest absolute Gasteiger partial charge is 0.135 e. The molecule has 4 aromatic rings. The van der Waals surface area contributed by atoms with Crippen molar-refractivity contribution < 1.29 is 9.13 Å². The third kappa shape index (κ3) is 4.79. The van der Waals surface area contributed by atoms with Crippen molar-refractivity contribution in [2.24, 2.45) is 0 Å². The summed E-state index contributed by atoms with van der Waals surface area (Å²) in [6, 6.07) is 27.7. The molecule has 1 aliphatic rings. The lowest BCUT2D eigenvalue weighted by atomic mass is 10.1. The molecule has 0 saturated carbocycles. The van der Waals surface area contributed by atoms with E-state index >= 15 is 0 Å². The van der Waals surface area contributed by atoms with Gasteiger partial charge in [-0.1, -0.05) is 60.7 Å². The van der Waals surface area contributed by atoms with Crippen LogP contribution >= 0.6 is 0 Å². The van der Waals surface area contributed by atoms with Crippen molar-refractivity contribution in [3.63, 3.8) is 0 Å². The van der Waals surface area contributed by atoms with Crippen LogP contribution in [0.1, 0.15) is 17.0 Å². The van der Waals surface area contributed by atoms with Crippen LogP contribution in [0, 0.1) is 5.82 Å². The lowest BCUT2D eigenvalue weighted by molar-refractivity contribution is -0.0206. The zero-order valence-electron chi connectivity index (χ0n) is 17.9. The first kappa shape index (κ1) is 20.6. The summed E-state index contributed by atoms with van der Waals surface area (Å²) < 4.78 is 21.8. The van der Waals surface area contributed by atoms with Gasteiger partial charge < -0.3 is 9.30 Å². The van der Waals surface area contributed by atoms with Crippen LogP contribution in [0.5, 0.6) is 0 Å². The van der Waals surface area contributed by atoms with E-state index in [0.717, 1.165) is 43.3 Å². The second-order valence-electron chi connectivity index (χ2n) is 8.25. The van der Waals surface area contributed by atoms with Crippen LogP contribution < -0.4 is 0 Å². The Balaban J connectivity index is 1.34. The maximum Gasteiger partial charge on any atom is 0.135 e. The molecule has 2 heterocycles. The lowest BCUT2D eigenvalue weighted by Crippen LogP contribution is -2.38. The first-order valence-corrected chi connectivity index (χ1v) is 11.0. The van der Waals surface area contributed by atoms with Crippen LogP contribution in [0.15, 0.2) is 91.1 Å². The fourth-order valence-electron chi connectivity index (χ4n) is 4.30. The molecule has 5 rings (SSSR count). The predicted octanol–water partition coefficient (Wildman–Crippen LogP) is 5.29. The Morgan fingerprint density at radius 1 is 0.875 bits per heavy atom. The van der Waals surface area contributed by atoms with Crippen LogP contribution in [0.2, 0.25) is 0 Å². The summed E-state index contributed by atoms with van der Waals surface area (Å²) in [5.74, 6) is 0.684. The van der Waals surface area contributed by atoms with Crippen molar-refractivity contribution >= 4 is 0 Å². The van der Waals surface area contributed by atoms with Crippen LogP contribution in [-0.4, -0.2) is 27.1 Å². The molecule has 4 nitrogen and oxygen atoms in total. The molecule has 0 unspecified atom stereocenters. The van der Waals surface area contributed by atoms with Crippen molar-refractivity contribution in [2.75, 3.05) is 6.54 Å². The van der Waals surface area contributed by atoms with Crippen LogP contribution in [-0.2, 0) is 31.0 Å². The molecule has 0 N–H and O–H groups in total. The third-order valence-electron chi connectivity index (χ3n) is 5.87. The van der Waals surface area contributed by atoms with Gasteiger partial charge in [-0.15, -0.1) is 0 Å². The van der Waals surface area contributed by atoms with Crippen molar-refractivity contribution in [3.8, 4) is 11.3 Å². The van der Waals surface area contributed by atoms with Gasteiger partial charge >= 0.3 is 0 Å². The second-order valence-corrected chi connectivity index (χ2v) is 8.25. The normalized spacial score (nSPS) is 15.6. The molecule has 5 heteroatoms. The van der Waals surface area contributed by atoms with Crippen LogP contribution in [0.3, 0.4) is 0 Å². The largest absolute Gasteiger partial charge is 0.367 e. The average molecular weight is 428 g/mol. The molecule has 162 valence electrons. The van der Waals surface area contributed by atoms with Gasteiger partial charge in [-0.3, -0.25) is 4.90 Å². The standard InChI is InChI=1S/C27H26FN3O/c28-24-13-11-23(12-14-24)26-15-29-27-20-32-25(19-31(26)27)18-30(16-21-7-3-1-4-8-21)17-22-9-5-2-6-10-22/h1-15,25H,16-20H2/t25-/m0/s1. The molecule has 3 aromatic carbocycles. The van der Waals surface area contributed by atoms with Gasteiger partial charge in [-0.25, -0.2) is 9.37 Å². The number of hydrogen-bond donors (Lipinski definition) is 0. The van der Waals surface area contributed by atoms with E-state index in [9.17, 15) is 4.39 Å². The summed E-state index contributed by atoms with van der Waals surface area (Å²) >= 11 is 0. The molecular formula is C27H26FN3O. The van der Waals surface area contributed by atoms with Crippen molar-refractivity contribution in [2.45, 2.75) is 32.3 Å². The number of rotatable bonds is 7. The van der Waals surface area contributed by atoms with E-state index in [1.54, 1.807) is 12.1 Å². The molecule has 0 amide bonds. The highest BCUT2D eigenvalue weighted by Crippen LogP contribution is 2.26. The molecule has 0 spiro atoms. The lowest BCUT2D eigenvalue weighted by Gasteiger charge is -2.31. The van der Waals surface area contributed by atoms with E-state index < -0.39 is 0 Å². The first-order valence-electron chi connectivity index (χ1n) is 11.0. The third-order valence-corrected chi connectivity index (χ3v) is 5.87. The molecule has 1 atom stereocenters. The predicted molar refractivity (Wildman–Crippen MR) is 123 cm³/mol. The maximum atomic E-state index is 13.4. The molecular weight excluding hydrogens is 401 g/mol. The monoisotopic (exact) mass is 427 g/mol. The van der Waals surface area contributed by atoms with Crippen molar-refractivity contribution in [3.05, 3.63) is 114 Å². The first-order chi connectivity index (χ1) is 15.7. The highest BCUT2D eigenvalue weighted by Gasteiger charge is 2.25. The summed E-state index contributed by atoms with van der Waals surface area (Å²) in [5.41, 5.74) is 4.55. The van der Waals surface area contributed by atoms with E-state index in [1.165, 1.54) is 23.3 Å². The van der Waals surface area contributed by atoms with Gasteiger partial charge in [0.1, 0.15) is 18.2 Å². The maximum absolute atomic E-state index is 13.4. The minimum Gasteiger partial charge on any atom is -0.367 e. The Morgan fingerprint density at radius 3 is 2.12 bits per heavy atom. The number of halogens is 1. The number of benzene rings is 3. The average Bonchev–Trinajstić information content (AvgIpc) is 3.24. The summed E-state index contributed by atoms with van der Waals surface area (Å²) in [7, 11) is 0. The van der Waals surface area contributed by atoms with Gasteiger partial charge in [0.25, 0.3) is 0 Å². The minimum absolute atomic E-state index is 0.0447. The zero-order valence-corrected chi connectivity index (χ0v) is 17.9. The van der Waals surface area contributed by atoms with E-state index in [-0.39, 0.29) is 11.9 Å². The van der Waals surface area contributed by atoms with Gasteiger partial charge in [0.15, 0.2) is 0 Å². The summed E-state index contributed by atoms with van der Waals surface area (Å²) in [6.07, 6.45) is 1.91. The number of hydrogen-bond acceptors (Lipinski definition) is 3. The molecule has 0 aliphatic carbocycles. The summed E-state index contributed by atoms with van der Waals surface area (Å²) in [6.45, 7) is 3.73. The Kier molecular flexibility index (Phi) is 6.10. The number of fused-ring (bicyclic) bond motifs is 1. The van der Waals surface area contributed by atoms with Gasteiger partial charge in [0.2, 0.25) is 0 Å². The van der Waals surface area contributed by atoms with Gasteiger partial charge in [-0.2, -0.15) is 0 Å². The zero-order chi connectivity index (χ0) is 21.8. The van der Waals surface area contributed by atoms with E-state index in [4.69, 9.17) is 4.74 Å². The molecule has 1 aliphatic heterocycles. The Morgan fingerprint density at radius 2 is 1.50 bits per heavy atom. The Labute approximate surface area is 187 Å². The molecule has 32 heavy (non-hydrogen) atoms. The molecule has 0 fully saturated rings. The highest BCUT2D eigenvalue weighted by molar-refractivity contribution is 5.59. The molecule has 0 saturated heterocycles. The number of ether oxygens (including phenoxy) is 1. The van der Waals surface area contributed by atoms with Gasteiger partial charge in [0, 0.05) is 19.6 Å². The fraction of sp³-hybridized carbons (Fsp3) is 0.222. The van der Waals surface area contributed by atoms with Crippen molar-refractivity contribution in [1.82, 2.24) is 14.5 Å². The SMILES string of the molecule is Fc1ccc(-c2cnc3n2C[C@H](CN(Cc2ccccc2)Cc2ccccc2)OC3)cc1. The van der Waals surface area contributed by atoms with Crippen LogP contribution in [0.25, 0.3) is 11.3 Å². The Bertz CT molecular complexity index is 1100. The van der Waals surface area contributed by atoms with Crippen LogP contribution in [0.4, 0.5) is 4.39 Å². The highest BCUT2D eigenvalue weighted by atomic mass is 19.1. The Hall–Kier alpha value is -3.28. The second kappa shape index (κ2) is 9.47. The van der Waals surface area contributed by atoms with Crippen molar-refractivity contribution in [1.29, 1.82) is 0 Å². The number of aromatic nitrogens is 2. The summed E-state index contributed by atoms with van der Waals surface area (Å²) in [4.78, 5) is 6.97. The van der Waals surface area contributed by atoms with E-state index in [2.05, 4.69) is 63.0 Å². The molecule has 0 bridgehead atoms. The quantitative estimate of drug-likeness (QED) is 0.401. The summed E-state index contributed by atoms with van der Waals surface area (Å²) in [5, 5.41) is 0.